The Bertz CT molecular complexity index is 738. The number of nitrogens with zero attached hydrogens (tertiary/aromatic N) is 1. The molecule has 1 heterocycles. The summed E-state index contributed by atoms with van der Waals surface area (Å²) in [5.41, 5.74) is 4.40. The molecule has 0 saturated heterocycles. The molecule has 0 amide bonds. The first-order valence-electron chi connectivity index (χ1n) is 8.80. The number of carboxylic acids is 1. The van der Waals surface area contributed by atoms with Crippen molar-refractivity contribution >= 4 is 5.97 Å². The van der Waals surface area contributed by atoms with Gasteiger partial charge in [0.05, 0.1) is 5.56 Å². The van der Waals surface area contributed by atoms with Gasteiger partial charge in [0.1, 0.15) is 0 Å². The highest BCUT2D eigenvalue weighted by Gasteiger charge is 2.29. The van der Waals surface area contributed by atoms with Crippen molar-refractivity contribution in [2.45, 2.75) is 38.9 Å². The fourth-order valence-corrected chi connectivity index (χ4v) is 3.40. The first-order chi connectivity index (χ1) is 12.0. The molecule has 0 fully saturated rings. The lowest BCUT2D eigenvalue weighted by atomic mass is 9.94. The second kappa shape index (κ2) is 7.38. The zero-order valence-corrected chi connectivity index (χ0v) is 15.0. The molecule has 4 heteroatoms. The maximum atomic E-state index is 10.9. The van der Waals surface area contributed by atoms with Crippen LogP contribution >= 0.6 is 0 Å². The SMILES string of the molecule is CC(C)(CNCc1ccc(C(=O)O)cc1)N1CCc2ccccc2C1. The Labute approximate surface area is 149 Å². The predicted molar refractivity (Wildman–Crippen MR) is 99.7 cm³/mol. The molecule has 3 rings (SSSR count). The molecule has 0 aromatic heterocycles. The van der Waals surface area contributed by atoms with Crippen LogP contribution in [0.15, 0.2) is 48.5 Å². The molecule has 2 aromatic carbocycles. The van der Waals surface area contributed by atoms with Gasteiger partial charge in [-0.1, -0.05) is 36.4 Å². The molecule has 132 valence electrons. The molecule has 25 heavy (non-hydrogen) atoms. The topological polar surface area (TPSA) is 52.6 Å². The van der Waals surface area contributed by atoms with E-state index < -0.39 is 5.97 Å². The van der Waals surface area contributed by atoms with Gasteiger partial charge >= 0.3 is 5.97 Å². The lowest BCUT2D eigenvalue weighted by Gasteiger charge is -2.41. The monoisotopic (exact) mass is 338 g/mol. The minimum Gasteiger partial charge on any atom is -0.478 e. The summed E-state index contributed by atoms with van der Waals surface area (Å²) in [5, 5.41) is 12.5. The van der Waals surface area contributed by atoms with Crippen LogP contribution in [0.4, 0.5) is 0 Å². The standard InChI is InChI=1S/C21H26N2O2/c1-21(2,23-12-11-17-5-3-4-6-19(17)14-23)15-22-13-16-7-9-18(10-8-16)20(24)25/h3-10,22H,11-15H2,1-2H3,(H,24,25). The average molecular weight is 338 g/mol. The van der Waals surface area contributed by atoms with E-state index in [1.807, 2.05) is 12.1 Å². The molecule has 1 aliphatic heterocycles. The Morgan fingerprint density at radius 1 is 1.12 bits per heavy atom. The number of benzene rings is 2. The second-order valence-electron chi connectivity index (χ2n) is 7.36. The molecular formula is C21H26N2O2. The van der Waals surface area contributed by atoms with Crippen LogP contribution < -0.4 is 5.32 Å². The fourth-order valence-electron chi connectivity index (χ4n) is 3.40. The van der Waals surface area contributed by atoms with Crippen LogP contribution in [0.2, 0.25) is 0 Å². The van der Waals surface area contributed by atoms with Crippen LogP contribution in [0.1, 0.15) is 40.9 Å². The first-order valence-corrected chi connectivity index (χ1v) is 8.80. The van der Waals surface area contributed by atoms with E-state index in [-0.39, 0.29) is 5.54 Å². The van der Waals surface area contributed by atoms with Gasteiger partial charge in [-0.25, -0.2) is 4.79 Å². The van der Waals surface area contributed by atoms with Crippen LogP contribution in [0.25, 0.3) is 0 Å². The van der Waals surface area contributed by atoms with Crippen molar-refractivity contribution in [1.82, 2.24) is 10.2 Å². The van der Waals surface area contributed by atoms with E-state index in [2.05, 4.69) is 48.3 Å². The Morgan fingerprint density at radius 2 is 1.80 bits per heavy atom. The zero-order chi connectivity index (χ0) is 17.9. The van der Waals surface area contributed by atoms with Gasteiger partial charge in [-0.15, -0.1) is 0 Å². The molecule has 0 aliphatic carbocycles. The third-order valence-electron chi connectivity index (χ3n) is 5.07. The summed E-state index contributed by atoms with van der Waals surface area (Å²) >= 11 is 0. The first kappa shape index (κ1) is 17.6. The largest absolute Gasteiger partial charge is 0.478 e. The minimum absolute atomic E-state index is 0.0640. The summed E-state index contributed by atoms with van der Waals surface area (Å²) in [6, 6.07) is 15.8. The van der Waals surface area contributed by atoms with Gasteiger partial charge in [-0.2, -0.15) is 0 Å². The van der Waals surface area contributed by atoms with E-state index in [0.29, 0.717) is 5.56 Å². The summed E-state index contributed by atoms with van der Waals surface area (Å²) < 4.78 is 0. The summed E-state index contributed by atoms with van der Waals surface area (Å²) in [7, 11) is 0. The van der Waals surface area contributed by atoms with E-state index in [1.54, 1.807) is 12.1 Å². The molecule has 4 nitrogen and oxygen atoms in total. The molecule has 0 saturated carbocycles. The van der Waals surface area contributed by atoms with E-state index in [1.165, 1.54) is 11.1 Å². The lowest BCUT2D eigenvalue weighted by Crippen LogP contribution is -2.52. The third-order valence-corrected chi connectivity index (χ3v) is 5.07. The molecule has 2 N–H and O–H groups in total. The van der Waals surface area contributed by atoms with Crippen molar-refractivity contribution in [3.63, 3.8) is 0 Å². The van der Waals surface area contributed by atoms with E-state index in [4.69, 9.17) is 5.11 Å². The van der Waals surface area contributed by atoms with E-state index in [9.17, 15) is 4.79 Å². The summed E-state index contributed by atoms with van der Waals surface area (Å²) in [6.45, 7) is 8.27. The lowest BCUT2D eigenvalue weighted by molar-refractivity contribution is 0.0697. The van der Waals surface area contributed by atoms with Crippen LogP contribution in [0.5, 0.6) is 0 Å². The van der Waals surface area contributed by atoms with Crippen molar-refractivity contribution in [2.24, 2.45) is 0 Å². The predicted octanol–water partition coefficient (Wildman–Crippen LogP) is 3.31. The normalized spacial score (nSPS) is 15.0. The van der Waals surface area contributed by atoms with Crippen LogP contribution in [-0.2, 0) is 19.5 Å². The summed E-state index contributed by atoms with van der Waals surface area (Å²) in [4.78, 5) is 13.4. The highest BCUT2D eigenvalue weighted by atomic mass is 16.4. The molecule has 1 aliphatic rings. The molecule has 0 unspecified atom stereocenters. The molecule has 0 spiro atoms. The Kier molecular flexibility index (Phi) is 5.21. The van der Waals surface area contributed by atoms with Crippen LogP contribution in [0, 0.1) is 0 Å². The molecular weight excluding hydrogens is 312 g/mol. The maximum absolute atomic E-state index is 10.9. The molecule has 0 radical (unpaired) electrons. The number of carbonyl (C=O) groups is 1. The average Bonchev–Trinajstić information content (AvgIpc) is 2.61. The zero-order valence-electron chi connectivity index (χ0n) is 15.0. The molecule has 0 bridgehead atoms. The van der Waals surface area contributed by atoms with Crippen LogP contribution in [0.3, 0.4) is 0 Å². The quantitative estimate of drug-likeness (QED) is 0.848. The number of hydrogen-bond acceptors (Lipinski definition) is 3. The fraction of sp³-hybridized carbons (Fsp3) is 0.381. The van der Waals surface area contributed by atoms with Gasteiger partial charge in [0.25, 0.3) is 0 Å². The molecule has 2 aromatic rings. The maximum Gasteiger partial charge on any atom is 0.335 e. The molecule has 0 atom stereocenters. The van der Waals surface area contributed by atoms with Gasteiger partial charge in [0.2, 0.25) is 0 Å². The minimum atomic E-state index is -0.883. The third kappa shape index (κ3) is 4.27. The van der Waals surface area contributed by atoms with Gasteiger partial charge in [-0.05, 0) is 49.1 Å². The number of nitrogens with one attached hydrogen (secondary N) is 1. The summed E-state index contributed by atoms with van der Waals surface area (Å²) in [6.07, 6.45) is 1.11. The van der Waals surface area contributed by atoms with Gasteiger partial charge < -0.3 is 10.4 Å². The van der Waals surface area contributed by atoms with E-state index >= 15 is 0 Å². The highest BCUT2D eigenvalue weighted by Crippen LogP contribution is 2.25. The second-order valence-corrected chi connectivity index (χ2v) is 7.36. The number of fused-ring (bicyclic) bond motifs is 1. The van der Waals surface area contributed by atoms with Gasteiger partial charge in [0, 0.05) is 31.7 Å². The highest BCUT2D eigenvalue weighted by molar-refractivity contribution is 5.87. The number of carboxylic acid groups (broad SMARTS) is 1. The van der Waals surface area contributed by atoms with Gasteiger partial charge in [0.15, 0.2) is 0 Å². The van der Waals surface area contributed by atoms with Gasteiger partial charge in [-0.3, -0.25) is 4.90 Å². The Morgan fingerprint density at radius 3 is 2.48 bits per heavy atom. The number of aromatic carboxylic acids is 1. The Hall–Kier alpha value is -2.17. The van der Waals surface area contributed by atoms with Crippen molar-refractivity contribution in [2.75, 3.05) is 13.1 Å². The van der Waals surface area contributed by atoms with Crippen LogP contribution in [-0.4, -0.2) is 34.6 Å². The smallest absolute Gasteiger partial charge is 0.335 e. The van der Waals surface area contributed by atoms with E-state index in [0.717, 1.165) is 38.2 Å². The summed E-state index contributed by atoms with van der Waals surface area (Å²) in [5.74, 6) is -0.883. The van der Waals surface area contributed by atoms with Crippen molar-refractivity contribution in [3.8, 4) is 0 Å². The van der Waals surface area contributed by atoms with Crippen molar-refractivity contribution < 1.29 is 9.90 Å². The van der Waals surface area contributed by atoms with Crippen molar-refractivity contribution in [3.05, 3.63) is 70.8 Å². The number of rotatable bonds is 6. The number of hydrogen-bond donors (Lipinski definition) is 2. The van der Waals surface area contributed by atoms with Crippen molar-refractivity contribution in [1.29, 1.82) is 0 Å². The Balaban J connectivity index is 1.54.